The highest BCUT2D eigenvalue weighted by Crippen LogP contribution is 2.11. The van der Waals surface area contributed by atoms with E-state index < -0.39 is 18.0 Å². The van der Waals surface area contributed by atoms with Gasteiger partial charge in [0.05, 0.1) is 12.0 Å². The summed E-state index contributed by atoms with van der Waals surface area (Å²) in [6.45, 7) is 1.92. The first-order valence-electron chi connectivity index (χ1n) is 5.61. The SMILES string of the molecule is CCCC(CC(=O)O)OC(=O)c1ccccc1. The predicted molar refractivity (Wildman–Crippen MR) is 62.8 cm³/mol. The molecule has 1 aromatic carbocycles. The lowest BCUT2D eigenvalue weighted by Crippen LogP contribution is -2.21. The number of aliphatic carboxylic acids is 1. The average Bonchev–Trinajstić information content (AvgIpc) is 2.29. The number of carbonyl (C=O) groups is 2. The number of carboxylic acid groups (broad SMARTS) is 1. The summed E-state index contributed by atoms with van der Waals surface area (Å²) < 4.78 is 5.17. The van der Waals surface area contributed by atoms with Crippen molar-refractivity contribution in [2.24, 2.45) is 0 Å². The standard InChI is InChI=1S/C13H16O4/c1-2-6-11(9-12(14)15)17-13(16)10-7-4-3-5-8-10/h3-5,7-8,11H,2,6,9H2,1H3,(H,14,15). The van der Waals surface area contributed by atoms with Gasteiger partial charge in [0.15, 0.2) is 0 Å². The molecule has 1 rings (SSSR count). The average molecular weight is 236 g/mol. The molecule has 4 nitrogen and oxygen atoms in total. The van der Waals surface area contributed by atoms with Gasteiger partial charge in [0, 0.05) is 0 Å². The zero-order valence-corrected chi connectivity index (χ0v) is 9.76. The second-order valence-electron chi connectivity index (χ2n) is 3.78. The number of hydrogen-bond acceptors (Lipinski definition) is 3. The molecule has 4 heteroatoms. The molecule has 1 aromatic rings. The van der Waals surface area contributed by atoms with Crippen molar-refractivity contribution in [2.45, 2.75) is 32.3 Å². The molecule has 0 saturated carbocycles. The smallest absolute Gasteiger partial charge is 0.338 e. The van der Waals surface area contributed by atoms with Crippen LogP contribution in [0.15, 0.2) is 30.3 Å². The van der Waals surface area contributed by atoms with Crippen molar-refractivity contribution in [3.05, 3.63) is 35.9 Å². The van der Waals surface area contributed by atoms with Gasteiger partial charge in [-0.25, -0.2) is 4.79 Å². The maximum absolute atomic E-state index is 11.7. The summed E-state index contributed by atoms with van der Waals surface area (Å²) in [5.41, 5.74) is 0.444. The van der Waals surface area contributed by atoms with Crippen LogP contribution in [-0.2, 0) is 9.53 Å². The van der Waals surface area contributed by atoms with Crippen molar-refractivity contribution in [1.82, 2.24) is 0 Å². The molecule has 0 heterocycles. The van der Waals surface area contributed by atoms with Gasteiger partial charge in [0.2, 0.25) is 0 Å². The Morgan fingerprint density at radius 3 is 2.47 bits per heavy atom. The van der Waals surface area contributed by atoms with Crippen LogP contribution >= 0.6 is 0 Å². The summed E-state index contributed by atoms with van der Waals surface area (Å²) in [5.74, 6) is -1.42. The van der Waals surface area contributed by atoms with Crippen LogP contribution in [-0.4, -0.2) is 23.1 Å². The zero-order chi connectivity index (χ0) is 12.7. The molecule has 1 atom stereocenters. The first kappa shape index (κ1) is 13.2. The zero-order valence-electron chi connectivity index (χ0n) is 9.76. The molecule has 1 unspecified atom stereocenters. The molecule has 0 aliphatic rings. The molecule has 0 spiro atoms. The van der Waals surface area contributed by atoms with Crippen LogP contribution in [0.3, 0.4) is 0 Å². The Balaban J connectivity index is 2.60. The summed E-state index contributed by atoms with van der Waals surface area (Å²) in [4.78, 5) is 22.3. The fourth-order valence-electron chi connectivity index (χ4n) is 1.51. The molecule has 0 aliphatic heterocycles. The molecule has 0 amide bonds. The Morgan fingerprint density at radius 2 is 1.94 bits per heavy atom. The van der Waals surface area contributed by atoms with Crippen LogP contribution in [0.2, 0.25) is 0 Å². The Bertz CT molecular complexity index is 372. The second kappa shape index (κ2) is 6.68. The number of carboxylic acids is 1. The van der Waals surface area contributed by atoms with Gasteiger partial charge in [-0.3, -0.25) is 4.79 Å². The van der Waals surface area contributed by atoms with Crippen LogP contribution in [0.25, 0.3) is 0 Å². The number of ether oxygens (including phenoxy) is 1. The monoisotopic (exact) mass is 236 g/mol. The minimum Gasteiger partial charge on any atom is -0.481 e. The van der Waals surface area contributed by atoms with Crippen molar-refractivity contribution in [3.8, 4) is 0 Å². The number of esters is 1. The van der Waals surface area contributed by atoms with E-state index in [1.165, 1.54) is 0 Å². The third-order valence-electron chi connectivity index (χ3n) is 2.30. The number of benzene rings is 1. The Labute approximate surface area is 100 Å². The van der Waals surface area contributed by atoms with E-state index >= 15 is 0 Å². The summed E-state index contributed by atoms with van der Waals surface area (Å²) in [7, 11) is 0. The Hall–Kier alpha value is -1.84. The van der Waals surface area contributed by atoms with Crippen LogP contribution in [0, 0.1) is 0 Å². The van der Waals surface area contributed by atoms with Crippen molar-refractivity contribution >= 4 is 11.9 Å². The lowest BCUT2D eigenvalue weighted by Gasteiger charge is -2.15. The maximum atomic E-state index is 11.7. The third kappa shape index (κ3) is 4.68. The number of rotatable bonds is 6. The highest BCUT2D eigenvalue weighted by Gasteiger charge is 2.17. The molecule has 0 aromatic heterocycles. The molecule has 0 bridgehead atoms. The van der Waals surface area contributed by atoms with Crippen LogP contribution in [0.4, 0.5) is 0 Å². The quantitative estimate of drug-likeness (QED) is 0.771. The largest absolute Gasteiger partial charge is 0.481 e. The molecule has 0 fully saturated rings. The van der Waals surface area contributed by atoms with Crippen LogP contribution in [0.1, 0.15) is 36.5 Å². The fourth-order valence-corrected chi connectivity index (χ4v) is 1.51. The predicted octanol–water partition coefficient (Wildman–Crippen LogP) is 2.49. The van der Waals surface area contributed by atoms with E-state index in [4.69, 9.17) is 9.84 Å². The molecule has 17 heavy (non-hydrogen) atoms. The summed E-state index contributed by atoms with van der Waals surface area (Å²) in [6, 6.07) is 8.57. The number of carbonyl (C=O) groups excluding carboxylic acids is 1. The van der Waals surface area contributed by atoms with Gasteiger partial charge < -0.3 is 9.84 Å². The van der Waals surface area contributed by atoms with E-state index in [-0.39, 0.29) is 6.42 Å². The first-order valence-corrected chi connectivity index (χ1v) is 5.61. The van der Waals surface area contributed by atoms with Gasteiger partial charge in [-0.1, -0.05) is 31.5 Å². The summed E-state index contributed by atoms with van der Waals surface area (Å²) >= 11 is 0. The molecular weight excluding hydrogens is 220 g/mol. The lowest BCUT2D eigenvalue weighted by atomic mass is 10.1. The molecule has 0 radical (unpaired) electrons. The minimum atomic E-state index is -0.954. The van der Waals surface area contributed by atoms with Crippen molar-refractivity contribution in [2.75, 3.05) is 0 Å². The molecule has 1 N–H and O–H groups in total. The van der Waals surface area contributed by atoms with E-state index in [2.05, 4.69) is 0 Å². The van der Waals surface area contributed by atoms with Crippen molar-refractivity contribution in [1.29, 1.82) is 0 Å². The highest BCUT2D eigenvalue weighted by molar-refractivity contribution is 5.89. The van der Waals surface area contributed by atoms with Gasteiger partial charge in [0.25, 0.3) is 0 Å². The van der Waals surface area contributed by atoms with E-state index in [0.29, 0.717) is 12.0 Å². The van der Waals surface area contributed by atoms with Crippen molar-refractivity contribution < 1.29 is 19.4 Å². The van der Waals surface area contributed by atoms with Crippen molar-refractivity contribution in [3.63, 3.8) is 0 Å². The fraction of sp³-hybridized carbons (Fsp3) is 0.385. The maximum Gasteiger partial charge on any atom is 0.338 e. The third-order valence-corrected chi connectivity index (χ3v) is 2.30. The summed E-state index contributed by atoms with van der Waals surface area (Å²) in [5, 5.41) is 8.70. The molecule has 0 saturated heterocycles. The van der Waals surface area contributed by atoms with E-state index in [0.717, 1.165) is 6.42 Å². The minimum absolute atomic E-state index is 0.146. The van der Waals surface area contributed by atoms with Gasteiger partial charge in [-0.2, -0.15) is 0 Å². The van der Waals surface area contributed by atoms with Gasteiger partial charge in [0.1, 0.15) is 6.10 Å². The topological polar surface area (TPSA) is 63.6 Å². The second-order valence-corrected chi connectivity index (χ2v) is 3.78. The molecular formula is C13H16O4. The lowest BCUT2D eigenvalue weighted by molar-refractivity contribution is -0.139. The first-order chi connectivity index (χ1) is 8.13. The normalized spacial score (nSPS) is 11.8. The van der Waals surface area contributed by atoms with Gasteiger partial charge in [-0.15, -0.1) is 0 Å². The van der Waals surface area contributed by atoms with Crippen LogP contribution in [0.5, 0.6) is 0 Å². The van der Waals surface area contributed by atoms with E-state index in [1.54, 1.807) is 30.3 Å². The summed E-state index contributed by atoms with van der Waals surface area (Å²) in [6.07, 6.45) is 0.641. The Kier molecular flexibility index (Phi) is 5.20. The molecule has 92 valence electrons. The van der Waals surface area contributed by atoms with Crippen LogP contribution < -0.4 is 0 Å². The van der Waals surface area contributed by atoms with E-state index in [9.17, 15) is 9.59 Å². The Morgan fingerprint density at radius 1 is 1.29 bits per heavy atom. The number of hydrogen-bond donors (Lipinski definition) is 1. The molecule has 0 aliphatic carbocycles. The van der Waals surface area contributed by atoms with Gasteiger partial charge >= 0.3 is 11.9 Å². The highest BCUT2D eigenvalue weighted by atomic mass is 16.5. The van der Waals surface area contributed by atoms with Gasteiger partial charge in [-0.05, 0) is 18.6 Å². The van der Waals surface area contributed by atoms with E-state index in [1.807, 2.05) is 6.92 Å².